The number of amides is 1. The number of halogens is 5. The third-order valence-corrected chi connectivity index (χ3v) is 6.06. The zero-order chi connectivity index (χ0) is 28.6. The number of esters is 1. The second-order valence-corrected chi connectivity index (χ2v) is 10.1. The third kappa shape index (κ3) is 5.97. The molecule has 2 aromatic rings. The van der Waals surface area contributed by atoms with E-state index in [0.29, 0.717) is 24.0 Å². The highest BCUT2D eigenvalue weighted by molar-refractivity contribution is 6.17. The number of carbonyl (C=O) groups is 2. The molecular formula is C27H30F5N3O3. The minimum Gasteiger partial charge on any atom is -0.459 e. The van der Waals surface area contributed by atoms with Crippen molar-refractivity contribution in [3.05, 3.63) is 58.4 Å². The lowest BCUT2D eigenvalue weighted by Gasteiger charge is -2.30. The van der Waals surface area contributed by atoms with Crippen LogP contribution >= 0.6 is 0 Å². The molecule has 0 unspecified atom stereocenters. The van der Waals surface area contributed by atoms with Crippen molar-refractivity contribution in [2.75, 3.05) is 6.54 Å². The molecule has 3 rings (SSSR count). The number of rotatable bonds is 6. The SMILES string of the molecule is CCCc1c(/N=C(\C)C(F)(F)F)[nH]c2c1C(C)(C)CN(C(=O)c1ccc(F)c(F)c1)C=C2C(=O)OC(C)C. The number of H-pyrrole nitrogens is 1. The van der Waals surface area contributed by atoms with Gasteiger partial charge in [-0.05, 0) is 51.0 Å². The molecule has 1 aromatic carbocycles. The van der Waals surface area contributed by atoms with Gasteiger partial charge in [0.15, 0.2) is 11.6 Å². The van der Waals surface area contributed by atoms with Gasteiger partial charge in [-0.2, -0.15) is 13.2 Å². The lowest BCUT2D eigenvalue weighted by Crippen LogP contribution is -2.37. The van der Waals surface area contributed by atoms with Gasteiger partial charge in [0, 0.05) is 29.3 Å². The number of aliphatic imine (C=N–C) groups is 1. The normalized spacial score (nSPS) is 15.7. The van der Waals surface area contributed by atoms with Crippen LogP contribution in [-0.2, 0) is 21.4 Å². The molecule has 0 atom stereocenters. The molecule has 0 aliphatic carbocycles. The summed E-state index contributed by atoms with van der Waals surface area (Å²) < 4.78 is 72.8. The van der Waals surface area contributed by atoms with Crippen LogP contribution in [0.2, 0.25) is 0 Å². The largest absolute Gasteiger partial charge is 0.459 e. The van der Waals surface area contributed by atoms with Crippen molar-refractivity contribution in [3.63, 3.8) is 0 Å². The highest BCUT2D eigenvalue weighted by atomic mass is 19.4. The van der Waals surface area contributed by atoms with E-state index in [4.69, 9.17) is 4.74 Å². The number of ether oxygens (including phenoxy) is 1. The van der Waals surface area contributed by atoms with Gasteiger partial charge in [-0.15, -0.1) is 0 Å². The molecule has 206 valence electrons. The number of fused-ring (bicyclic) bond motifs is 1. The van der Waals surface area contributed by atoms with Crippen molar-refractivity contribution in [2.24, 2.45) is 4.99 Å². The number of hydrogen-bond acceptors (Lipinski definition) is 4. The van der Waals surface area contributed by atoms with E-state index in [1.54, 1.807) is 27.7 Å². The average Bonchev–Trinajstić information content (AvgIpc) is 3.09. The summed E-state index contributed by atoms with van der Waals surface area (Å²) in [7, 11) is 0. The van der Waals surface area contributed by atoms with Crippen LogP contribution in [0.1, 0.15) is 75.1 Å². The fourth-order valence-electron chi connectivity index (χ4n) is 4.42. The van der Waals surface area contributed by atoms with Crippen molar-refractivity contribution >= 4 is 29.0 Å². The van der Waals surface area contributed by atoms with Crippen LogP contribution in [0.15, 0.2) is 29.4 Å². The Hall–Kier alpha value is -3.50. The Labute approximate surface area is 217 Å². The molecule has 11 heteroatoms. The topological polar surface area (TPSA) is 74.8 Å². The Kier molecular flexibility index (Phi) is 8.18. The van der Waals surface area contributed by atoms with Gasteiger partial charge in [0.1, 0.15) is 11.5 Å². The number of aromatic amines is 1. The summed E-state index contributed by atoms with van der Waals surface area (Å²) in [5, 5.41) is 0. The Morgan fingerprint density at radius 1 is 1.18 bits per heavy atom. The van der Waals surface area contributed by atoms with Crippen LogP contribution in [0.25, 0.3) is 5.57 Å². The smallest absolute Gasteiger partial charge is 0.429 e. The van der Waals surface area contributed by atoms with Gasteiger partial charge in [0.2, 0.25) is 0 Å². The van der Waals surface area contributed by atoms with E-state index >= 15 is 0 Å². The highest BCUT2D eigenvalue weighted by Crippen LogP contribution is 2.43. The number of alkyl halides is 3. The van der Waals surface area contributed by atoms with Gasteiger partial charge in [-0.3, -0.25) is 4.79 Å². The van der Waals surface area contributed by atoms with Crippen molar-refractivity contribution < 1.29 is 36.3 Å². The molecule has 0 radical (unpaired) electrons. The molecule has 1 aromatic heterocycles. The van der Waals surface area contributed by atoms with Gasteiger partial charge in [0.05, 0.1) is 17.4 Å². The maximum Gasteiger partial charge on any atom is 0.429 e. The predicted octanol–water partition coefficient (Wildman–Crippen LogP) is 6.63. The number of carbonyl (C=O) groups excluding carboxylic acids is 2. The van der Waals surface area contributed by atoms with Gasteiger partial charge >= 0.3 is 12.1 Å². The monoisotopic (exact) mass is 539 g/mol. The van der Waals surface area contributed by atoms with Crippen LogP contribution in [0.4, 0.5) is 27.8 Å². The number of nitrogens with one attached hydrogen (secondary N) is 1. The van der Waals surface area contributed by atoms with Crippen LogP contribution in [-0.4, -0.2) is 46.3 Å². The Balaban J connectivity index is 2.27. The number of hydrogen-bond donors (Lipinski definition) is 1. The zero-order valence-corrected chi connectivity index (χ0v) is 22.0. The minimum atomic E-state index is -4.65. The van der Waals surface area contributed by atoms with E-state index < -0.39 is 46.9 Å². The maximum absolute atomic E-state index is 13.9. The first-order chi connectivity index (χ1) is 17.6. The Morgan fingerprint density at radius 3 is 2.39 bits per heavy atom. The fourth-order valence-corrected chi connectivity index (χ4v) is 4.42. The average molecular weight is 540 g/mol. The van der Waals surface area contributed by atoms with Gasteiger partial charge in [-0.25, -0.2) is 18.6 Å². The van der Waals surface area contributed by atoms with Crippen LogP contribution in [0.3, 0.4) is 0 Å². The Bertz CT molecular complexity index is 1310. The minimum absolute atomic E-state index is 0.0216. The summed E-state index contributed by atoms with van der Waals surface area (Å²) in [5.74, 6) is -3.85. The molecule has 38 heavy (non-hydrogen) atoms. The standard InChI is InChI=1S/C27H30F5N3O3/c1-7-8-17-21-22(34-23(17)33-15(4)27(30,31)32)18(25(37)38-14(2)3)12-35(13-26(21,5)6)24(36)16-9-10-19(28)20(29)11-16/h9-12,14,34H,7-8,13H2,1-6H3/b33-15+. The molecule has 1 N–H and O–H groups in total. The lowest BCUT2D eigenvalue weighted by atomic mass is 9.80. The lowest BCUT2D eigenvalue weighted by molar-refractivity contribution is -0.140. The second-order valence-electron chi connectivity index (χ2n) is 10.1. The van der Waals surface area contributed by atoms with E-state index in [1.807, 2.05) is 6.92 Å². The zero-order valence-electron chi connectivity index (χ0n) is 22.0. The van der Waals surface area contributed by atoms with Crippen molar-refractivity contribution in [1.82, 2.24) is 9.88 Å². The van der Waals surface area contributed by atoms with Crippen molar-refractivity contribution in [3.8, 4) is 0 Å². The van der Waals surface area contributed by atoms with Gasteiger partial charge < -0.3 is 14.6 Å². The quantitative estimate of drug-likeness (QED) is 0.255. The highest BCUT2D eigenvalue weighted by Gasteiger charge is 2.40. The van der Waals surface area contributed by atoms with E-state index in [0.717, 1.165) is 25.1 Å². The molecule has 0 bridgehead atoms. The van der Waals surface area contributed by atoms with E-state index in [9.17, 15) is 31.5 Å². The first-order valence-electron chi connectivity index (χ1n) is 12.1. The molecular weight excluding hydrogens is 509 g/mol. The van der Waals surface area contributed by atoms with Gasteiger partial charge in [0.25, 0.3) is 5.91 Å². The molecule has 6 nitrogen and oxygen atoms in total. The molecule has 2 heterocycles. The number of aromatic nitrogens is 1. The summed E-state index contributed by atoms with van der Waals surface area (Å²) in [5.41, 5.74) is -0.993. The van der Waals surface area contributed by atoms with E-state index in [1.165, 1.54) is 11.1 Å². The molecule has 0 saturated heterocycles. The second kappa shape index (κ2) is 10.7. The molecule has 1 aliphatic heterocycles. The molecule has 1 aliphatic rings. The summed E-state index contributed by atoms with van der Waals surface area (Å²) in [6.45, 7) is 9.51. The Morgan fingerprint density at radius 2 is 1.84 bits per heavy atom. The summed E-state index contributed by atoms with van der Waals surface area (Å²) in [6.07, 6.45) is -3.03. The summed E-state index contributed by atoms with van der Waals surface area (Å²) >= 11 is 0. The van der Waals surface area contributed by atoms with Crippen LogP contribution < -0.4 is 0 Å². The fraction of sp³-hybridized carbons (Fsp3) is 0.444. The first kappa shape index (κ1) is 29.1. The molecule has 1 amide bonds. The molecule has 0 spiro atoms. The summed E-state index contributed by atoms with van der Waals surface area (Å²) in [4.78, 5) is 34.5. The molecule has 0 saturated carbocycles. The van der Waals surface area contributed by atoms with Crippen LogP contribution in [0.5, 0.6) is 0 Å². The van der Waals surface area contributed by atoms with E-state index in [2.05, 4.69) is 9.98 Å². The third-order valence-electron chi connectivity index (χ3n) is 6.06. The molecule has 0 fully saturated rings. The van der Waals surface area contributed by atoms with Crippen molar-refractivity contribution in [1.29, 1.82) is 0 Å². The maximum atomic E-state index is 13.9. The van der Waals surface area contributed by atoms with Crippen LogP contribution in [0, 0.1) is 11.6 Å². The van der Waals surface area contributed by atoms with E-state index in [-0.39, 0.29) is 29.2 Å². The number of nitrogens with zero attached hydrogens (tertiary/aromatic N) is 2. The summed E-state index contributed by atoms with van der Waals surface area (Å²) in [6, 6.07) is 2.73. The first-order valence-corrected chi connectivity index (χ1v) is 12.1. The predicted molar refractivity (Wildman–Crippen MR) is 133 cm³/mol. The van der Waals surface area contributed by atoms with Gasteiger partial charge in [-0.1, -0.05) is 27.2 Å². The van der Waals surface area contributed by atoms with Crippen molar-refractivity contribution in [2.45, 2.75) is 72.1 Å². The number of benzene rings is 1.